The first-order chi connectivity index (χ1) is 15.6. The standard InChI is InChI=1S/C23H29BrClN3O4S/c1-4-14-26-23(30)20(5-2)27(15-17-10-6-8-12-19(17)25)22(29)16-28(33(3,31)32)21-13-9-7-11-18(21)24/h6-13,20H,4-5,14-16H2,1-3H3,(H,26,30). The van der Waals surface area contributed by atoms with E-state index in [9.17, 15) is 18.0 Å². The van der Waals surface area contributed by atoms with Crippen molar-refractivity contribution in [2.45, 2.75) is 39.3 Å². The van der Waals surface area contributed by atoms with Crippen LogP contribution in [-0.2, 0) is 26.2 Å². The van der Waals surface area contributed by atoms with Crippen LogP contribution in [0.4, 0.5) is 5.69 Å². The molecule has 0 bridgehead atoms. The monoisotopic (exact) mass is 557 g/mol. The number of amides is 2. The molecule has 0 fully saturated rings. The third-order valence-electron chi connectivity index (χ3n) is 5.03. The molecule has 0 saturated carbocycles. The van der Waals surface area contributed by atoms with Crippen LogP contribution in [0, 0.1) is 0 Å². The summed E-state index contributed by atoms with van der Waals surface area (Å²) in [6, 6.07) is 13.0. The highest BCUT2D eigenvalue weighted by molar-refractivity contribution is 9.10. The van der Waals surface area contributed by atoms with Crippen molar-refractivity contribution < 1.29 is 18.0 Å². The Morgan fingerprint density at radius 1 is 1.09 bits per heavy atom. The zero-order valence-electron chi connectivity index (χ0n) is 18.9. The van der Waals surface area contributed by atoms with Gasteiger partial charge in [-0.2, -0.15) is 0 Å². The van der Waals surface area contributed by atoms with Gasteiger partial charge < -0.3 is 10.2 Å². The molecule has 2 amide bonds. The van der Waals surface area contributed by atoms with E-state index >= 15 is 0 Å². The van der Waals surface area contributed by atoms with Gasteiger partial charge >= 0.3 is 0 Å². The summed E-state index contributed by atoms with van der Waals surface area (Å²) in [5.41, 5.74) is 1.01. The number of carbonyl (C=O) groups is 2. The van der Waals surface area contributed by atoms with E-state index in [0.29, 0.717) is 33.7 Å². The number of para-hydroxylation sites is 1. The molecule has 0 aliphatic heterocycles. The molecular formula is C23H29BrClN3O4S. The number of hydrogen-bond acceptors (Lipinski definition) is 4. The van der Waals surface area contributed by atoms with Gasteiger partial charge in [-0.1, -0.05) is 55.8 Å². The molecular weight excluding hydrogens is 530 g/mol. The summed E-state index contributed by atoms with van der Waals surface area (Å²) in [5, 5.41) is 3.30. The summed E-state index contributed by atoms with van der Waals surface area (Å²) in [6.45, 7) is 3.85. The van der Waals surface area contributed by atoms with Crippen molar-refractivity contribution in [1.82, 2.24) is 10.2 Å². The zero-order valence-corrected chi connectivity index (χ0v) is 22.1. The maximum Gasteiger partial charge on any atom is 0.244 e. The Morgan fingerprint density at radius 2 is 1.73 bits per heavy atom. The van der Waals surface area contributed by atoms with Crippen LogP contribution in [-0.4, -0.2) is 50.5 Å². The number of benzene rings is 2. The first-order valence-corrected chi connectivity index (χ1v) is 13.6. The van der Waals surface area contributed by atoms with Crippen LogP contribution in [0.25, 0.3) is 0 Å². The lowest BCUT2D eigenvalue weighted by Gasteiger charge is -2.33. The van der Waals surface area contributed by atoms with E-state index < -0.39 is 28.5 Å². The van der Waals surface area contributed by atoms with E-state index in [-0.39, 0.29) is 12.5 Å². The fourth-order valence-electron chi connectivity index (χ4n) is 3.34. The molecule has 33 heavy (non-hydrogen) atoms. The van der Waals surface area contributed by atoms with Crippen molar-refractivity contribution in [3.05, 3.63) is 63.6 Å². The lowest BCUT2D eigenvalue weighted by atomic mass is 10.1. The van der Waals surface area contributed by atoms with Crippen LogP contribution in [0.15, 0.2) is 53.0 Å². The minimum atomic E-state index is -3.79. The van der Waals surface area contributed by atoms with E-state index in [0.717, 1.165) is 17.0 Å². The largest absolute Gasteiger partial charge is 0.354 e. The lowest BCUT2D eigenvalue weighted by molar-refractivity contribution is -0.140. The fraction of sp³-hybridized carbons (Fsp3) is 0.391. The molecule has 0 aliphatic carbocycles. The Kier molecular flexibility index (Phi) is 10.2. The highest BCUT2D eigenvalue weighted by Crippen LogP contribution is 2.28. The Bertz CT molecular complexity index is 1080. The predicted octanol–water partition coefficient (Wildman–Crippen LogP) is 4.20. The average Bonchev–Trinajstić information content (AvgIpc) is 2.76. The molecule has 1 unspecified atom stereocenters. The SMILES string of the molecule is CCCNC(=O)C(CC)N(Cc1ccccc1Cl)C(=O)CN(c1ccccc1Br)S(C)(=O)=O. The van der Waals surface area contributed by atoms with Gasteiger partial charge in [-0.05, 0) is 52.5 Å². The minimum absolute atomic E-state index is 0.0735. The van der Waals surface area contributed by atoms with Crippen LogP contribution in [0.3, 0.4) is 0 Å². The van der Waals surface area contributed by atoms with Gasteiger partial charge in [0.15, 0.2) is 0 Å². The number of nitrogens with one attached hydrogen (secondary N) is 1. The average molecular weight is 559 g/mol. The molecule has 2 aromatic rings. The molecule has 1 N–H and O–H groups in total. The van der Waals surface area contributed by atoms with Gasteiger partial charge in [-0.15, -0.1) is 0 Å². The van der Waals surface area contributed by atoms with E-state index in [1.54, 1.807) is 48.5 Å². The molecule has 10 heteroatoms. The summed E-state index contributed by atoms with van der Waals surface area (Å²) >= 11 is 9.69. The third-order valence-corrected chi connectivity index (χ3v) is 7.20. The first-order valence-electron chi connectivity index (χ1n) is 10.6. The van der Waals surface area contributed by atoms with Gasteiger partial charge in [0.25, 0.3) is 0 Å². The van der Waals surface area contributed by atoms with Gasteiger partial charge in [-0.25, -0.2) is 8.42 Å². The molecule has 0 aromatic heterocycles. The summed E-state index contributed by atoms with van der Waals surface area (Å²) in [7, 11) is -3.79. The van der Waals surface area contributed by atoms with Gasteiger partial charge in [0.05, 0.1) is 11.9 Å². The highest BCUT2D eigenvalue weighted by Gasteiger charge is 2.32. The second-order valence-electron chi connectivity index (χ2n) is 7.55. The molecule has 180 valence electrons. The second-order valence-corrected chi connectivity index (χ2v) is 10.7. The number of halogens is 2. The Balaban J connectivity index is 2.45. The van der Waals surface area contributed by atoms with Gasteiger partial charge in [0.1, 0.15) is 12.6 Å². The van der Waals surface area contributed by atoms with E-state index in [1.165, 1.54) is 4.90 Å². The Hall–Kier alpha value is -2.10. The number of hydrogen-bond donors (Lipinski definition) is 1. The lowest BCUT2D eigenvalue weighted by Crippen LogP contribution is -2.52. The number of sulfonamides is 1. The van der Waals surface area contributed by atoms with Crippen LogP contribution < -0.4 is 9.62 Å². The normalized spacial score (nSPS) is 12.2. The minimum Gasteiger partial charge on any atom is -0.354 e. The molecule has 0 heterocycles. The zero-order chi connectivity index (χ0) is 24.6. The molecule has 0 spiro atoms. The van der Waals surface area contributed by atoms with Gasteiger partial charge in [0.2, 0.25) is 21.8 Å². The van der Waals surface area contributed by atoms with Crippen molar-refractivity contribution in [2.75, 3.05) is 23.7 Å². The predicted molar refractivity (Wildman–Crippen MR) is 136 cm³/mol. The molecule has 0 aliphatic rings. The smallest absolute Gasteiger partial charge is 0.244 e. The molecule has 7 nitrogen and oxygen atoms in total. The quantitative estimate of drug-likeness (QED) is 0.448. The summed E-state index contributed by atoms with van der Waals surface area (Å²) in [6.07, 6.45) is 2.16. The number of rotatable bonds is 11. The molecule has 2 aromatic carbocycles. The Labute approximate surface area is 209 Å². The second kappa shape index (κ2) is 12.4. The van der Waals surface area contributed by atoms with E-state index in [4.69, 9.17) is 11.6 Å². The van der Waals surface area contributed by atoms with Crippen LogP contribution in [0.2, 0.25) is 5.02 Å². The highest BCUT2D eigenvalue weighted by atomic mass is 79.9. The van der Waals surface area contributed by atoms with Crippen molar-refractivity contribution in [1.29, 1.82) is 0 Å². The van der Waals surface area contributed by atoms with Crippen LogP contribution in [0.1, 0.15) is 32.3 Å². The van der Waals surface area contributed by atoms with Crippen LogP contribution >= 0.6 is 27.5 Å². The van der Waals surface area contributed by atoms with Gasteiger partial charge in [-0.3, -0.25) is 13.9 Å². The van der Waals surface area contributed by atoms with Crippen LogP contribution in [0.5, 0.6) is 0 Å². The third kappa shape index (κ3) is 7.45. The molecule has 0 radical (unpaired) electrons. The Morgan fingerprint density at radius 3 is 2.30 bits per heavy atom. The van der Waals surface area contributed by atoms with E-state index in [2.05, 4.69) is 21.2 Å². The molecule has 0 saturated heterocycles. The van der Waals surface area contributed by atoms with Crippen molar-refractivity contribution in [2.24, 2.45) is 0 Å². The topological polar surface area (TPSA) is 86.8 Å². The van der Waals surface area contributed by atoms with Crippen molar-refractivity contribution in [3.63, 3.8) is 0 Å². The number of anilines is 1. The van der Waals surface area contributed by atoms with Gasteiger partial charge in [0, 0.05) is 22.6 Å². The molecule has 2 rings (SSSR count). The summed E-state index contributed by atoms with van der Waals surface area (Å²) < 4.78 is 26.8. The maximum atomic E-state index is 13.6. The maximum absolute atomic E-state index is 13.6. The molecule has 1 atom stereocenters. The first kappa shape index (κ1) is 27.1. The van der Waals surface area contributed by atoms with Crippen molar-refractivity contribution in [3.8, 4) is 0 Å². The van der Waals surface area contributed by atoms with E-state index in [1.807, 2.05) is 13.8 Å². The number of carbonyl (C=O) groups excluding carboxylic acids is 2. The summed E-state index contributed by atoms with van der Waals surface area (Å²) in [4.78, 5) is 27.8. The number of nitrogens with zero attached hydrogens (tertiary/aromatic N) is 2. The fourth-order valence-corrected chi connectivity index (χ4v) is 5.02. The van der Waals surface area contributed by atoms with Crippen molar-refractivity contribution >= 4 is 55.1 Å². The summed E-state index contributed by atoms with van der Waals surface area (Å²) in [5.74, 6) is -0.791.